The van der Waals surface area contributed by atoms with Gasteiger partial charge in [0.2, 0.25) is 5.75 Å². The van der Waals surface area contributed by atoms with E-state index in [-0.39, 0.29) is 5.75 Å². The van der Waals surface area contributed by atoms with E-state index in [2.05, 4.69) is 48.9 Å². The predicted octanol–water partition coefficient (Wildman–Crippen LogP) is 3.05. The molecule has 0 radical (unpaired) electrons. The molecule has 0 heterocycles. The summed E-state index contributed by atoms with van der Waals surface area (Å²) in [6, 6.07) is 10.6. The van der Waals surface area contributed by atoms with Crippen molar-refractivity contribution in [1.82, 2.24) is 0 Å². The lowest BCUT2D eigenvalue weighted by Crippen LogP contribution is -1.78. The summed E-state index contributed by atoms with van der Waals surface area (Å²) < 4.78 is 0. The molecule has 66 valence electrons. The van der Waals surface area contributed by atoms with Crippen molar-refractivity contribution in [3.63, 3.8) is 0 Å². The zero-order chi connectivity index (χ0) is 9.23. The minimum Gasteiger partial charge on any atom is -0.285 e. The summed E-state index contributed by atoms with van der Waals surface area (Å²) in [6.07, 6.45) is 2.45. The fraction of sp³-hybridized carbons (Fsp3) is 0.300. The monoisotopic (exact) mass is 184 g/mol. The van der Waals surface area contributed by atoms with Gasteiger partial charge in [-0.25, -0.2) is 0 Å². The number of carbonyl (C=O) groups is 1. The first-order valence-corrected chi connectivity index (χ1v) is 4.36. The third kappa shape index (κ3) is 5.93. The normalized spacial score (nSPS) is 8.17. The zero-order valence-electron chi connectivity index (χ0n) is 7.16. The molecule has 0 aliphatic heterocycles. The van der Waals surface area contributed by atoms with Gasteiger partial charge in [0.05, 0.1) is 0 Å². The van der Waals surface area contributed by atoms with Gasteiger partial charge < -0.3 is 0 Å². The largest absolute Gasteiger partial charge is 0.285 e. The van der Waals surface area contributed by atoms with Crippen LogP contribution in [0.5, 0.6) is 0 Å². The summed E-state index contributed by atoms with van der Waals surface area (Å²) in [6.45, 7) is 2.20. The number of rotatable bonds is 2. The minimum absolute atomic E-state index is 0.222. The van der Waals surface area contributed by atoms with Gasteiger partial charge in [0, 0.05) is 0 Å². The summed E-state index contributed by atoms with van der Waals surface area (Å²) >= 11 is 4.32. The van der Waals surface area contributed by atoms with Gasteiger partial charge in [-0.1, -0.05) is 43.7 Å². The van der Waals surface area contributed by atoms with Crippen LogP contribution in [0.15, 0.2) is 30.3 Å². The van der Waals surface area contributed by atoms with E-state index in [0.29, 0.717) is 0 Å². The van der Waals surface area contributed by atoms with Crippen molar-refractivity contribution < 1.29 is 4.79 Å². The van der Waals surface area contributed by atoms with Gasteiger partial charge in [0.25, 0.3) is 0 Å². The molecule has 1 rings (SSSR count). The van der Waals surface area contributed by atoms with Crippen LogP contribution in [0.4, 0.5) is 0 Å². The van der Waals surface area contributed by atoms with E-state index in [4.69, 9.17) is 4.79 Å². The van der Waals surface area contributed by atoms with Crippen LogP contribution in [0.2, 0.25) is 0 Å². The molecular formula is C10H13ClO. The van der Waals surface area contributed by atoms with E-state index in [0.717, 1.165) is 0 Å². The molecule has 0 saturated carbocycles. The van der Waals surface area contributed by atoms with E-state index in [1.807, 2.05) is 0 Å². The highest BCUT2D eigenvalue weighted by Gasteiger charge is 1.84. The topological polar surface area (TPSA) is 17.1 Å². The molecule has 0 bridgehead atoms. The van der Waals surface area contributed by atoms with Crippen molar-refractivity contribution >= 4 is 17.3 Å². The van der Waals surface area contributed by atoms with Crippen molar-refractivity contribution in [2.24, 2.45) is 0 Å². The second-order valence-electron chi connectivity index (χ2n) is 2.32. The number of carbonyl (C=O) groups excluding carboxylic acids is 1. The quantitative estimate of drug-likeness (QED) is 0.510. The SMILES string of the molecule is CCCc1ccccc1.O=CCl. The Balaban J connectivity index is 0.000000354. The molecule has 0 fully saturated rings. The number of hydrogen-bond donors (Lipinski definition) is 0. The average molecular weight is 185 g/mol. The number of aryl methyl sites for hydroxylation is 1. The van der Waals surface area contributed by atoms with Crippen LogP contribution in [0, 0.1) is 0 Å². The Morgan fingerprint density at radius 1 is 1.33 bits per heavy atom. The van der Waals surface area contributed by atoms with E-state index < -0.39 is 0 Å². The Hall–Kier alpha value is -0.820. The van der Waals surface area contributed by atoms with E-state index in [1.165, 1.54) is 18.4 Å². The molecular weight excluding hydrogens is 172 g/mol. The predicted molar refractivity (Wildman–Crippen MR) is 53.0 cm³/mol. The molecule has 0 unspecified atom stereocenters. The van der Waals surface area contributed by atoms with Gasteiger partial charge in [0.15, 0.2) is 0 Å². The first-order valence-electron chi connectivity index (χ1n) is 3.93. The molecule has 0 atom stereocenters. The van der Waals surface area contributed by atoms with E-state index >= 15 is 0 Å². The molecule has 0 aliphatic rings. The van der Waals surface area contributed by atoms with Crippen LogP contribution in [0.3, 0.4) is 0 Å². The molecule has 0 amide bonds. The molecule has 0 spiro atoms. The van der Waals surface area contributed by atoms with Crippen molar-refractivity contribution in [2.75, 3.05) is 0 Å². The number of benzene rings is 1. The summed E-state index contributed by atoms with van der Waals surface area (Å²) in [4.78, 5) is 8.57. The van der Waals surface area contributed by atoms with Gasteiger partial charge in [-0.15, -0.1) is 0 Å². The van der Waals surface area contributed by atoms with E-state index in [9.17, 15) is 0 Å². The molecule has 1 aromatic rings. The molecule has 0 N–H and O–H groups in total. The maximum Gasteiger partial charge on any atom is 0.208 e. The number of hydrogen-bond acceptors (Lipinski definition) is 1. The molecule has 1 nitrogen and oxygen atoms in total. The molecule has 0 saturated heterocycles. The first kappa shape index (κ1) is 11.2. The van der Waals surface area contributed by atoms with E-state index in [1.54, 1.807) is 0 Å². The van der Waals surface area contributed by atoms with Gasteiger partial charge in [-0.2, -0.15) is 0 Å². The summed E-state index contributed by atoms with van der Waals surface area (Å²) in [5, 5.41) is 0. The lowest BCUT2D eigenvalue weighted by molar-refractivity contribution is 0.569. The van der Waals surface area contributed by atoms with Gasteiger partial charge in [-0.05, 0) is 23.6 Å². The Morgan fingerprint density at radius 2 is 1.83 bits per heavy atom. The Morgan fingerprint density at radius 3 is 2.25 bits per heavy atom. The second kappa shape index (κ2) is 8.28. The molecule has 2 heteroatoms. The molecule has 0 aliphatic carbocycles. The highest BCUT2D eigenvalue weighted by molar-refractivity contribution is 6.54. The highest BCUT2D eigenvalue weighted by Crippen LogP contribution is 2.00. The molecule has 0 aromatic heterocycles. The lowest BCUT2D eigenvalue weighted by Gasteiger charge is -1.93. The highest BCUT2D eigenvalue weighted by atomic mass is 35.5. The third-order valence-electron chi connectivity index (χ3n) is 1.38. The van der Waals surface area contributed by atoms with Gasteiger partial charge >= 0.3 is 0 Å². The van der Waals surface area contributed by atoms with Crippen molar-refractivity contribution in [2.45, 2.75) is 19.8 Å². The summed E-state index contributed by atoms with van der Waals surface area (Å²) in [5.41, 5.74) is 1.44. The molecule has 1 aromatic carbocycles. The average Bonchev–Trinajstić information content (AvgIpc) is 2.08. The minimum atomic E-state index is 0.222. The smallest absolute Gasteiger partial charge is 0.208 e. The Bertz CT molecular complexity index is 196. The lowest BCUT2D eigenvalue weighted by atomic mass is 10.1. The summed E-state index contributed by atoms with van der Waals surface area (Å²) in [5.74, 6) is 0.222. The summed E-state index contributed by atoms with van der Waals surface area (Å²) in [7, 11) is 0. The molecule has 12 heavy (non-hydrogen) atoms. The van der Waals surface area contributed by atoms with Crippen LogP contribution in [0.1, 0.15) is 18.9 Å². The van der Waals surface area contributed by atoms with Crippen LogP contribution in [0.25, 0.3) is 0 Å². The van der Waals surface area contributed by atoms with Crippen molar-refractivity contribution in [1.29, 1.82) is 0 Å². The van der Waals surface area contributed by atoms with Crippen molar-refractivity contribution in [3.05, 3.63) is 35.9 Å². The Labute approximate surface area is 78.4 Å². The van der Waals surface area contributed by atoms with Gasteiger partial charge in [0.1, 0.15) is 0 Å². The van der Waals surface area contributed by atoms with Crippen LogP contribution >= 0.6 is 11.6 Å². The van der Waals surface area contributed by atoms with Crippen LogP contribution < -0.4 is 0 Å². The van der Waals surface area contributed by atoms with Gasteiger partial charge in [-0.3, -0.25) is 4.79 Å². The zero-order valence-corrected chi connectivity index (χ0v) is 7.92. The van der Waals surface area contributed by atoms with Crippen LogP contribution in [-0.4, -0.2) is 5.75 Å². The number of halogens is 1. The maximum absolute atomic E-state index is 8.57. The van der Waals surface area contributed by atoms with Crippen LogP contribution in [-0.2, 0) is 11.2 Å². The fourth-order valence-electron chi connectivity index (χ4n) is 0.933. The fourth-order valence-corrected chi connectivity index (χ4v) is 0.933. The standard InChI is InChI=1S/C9H12.CHClO/c1-2-6-9-7-4-3-5-8-9;2-1-3/h3-5,7-8H,2,6H2,1H3;1H. The van der Waals surface area contributed by atoms with Crippen molar-refractivity contribution in [3.8, 4) is 0 Å². The maximum atomic E-state index is 8.57. The third-order valence-corrected chi connectivity index (χ3v) is 1.38. The Kier molecular flexibility index (Phi) is 7.71. The first-order chi connectivity index (χ1) is 5.85. The second-order valence-corrected chi connectivity index (χ2v) is 2.50.